The van der Waals surface area contributed by atoms with Gasteiger partial charge in [-0.05, 0) is 36.8 Å². The van der Waals surface area contributed by atoms with Crippen molar-refractivity contribution in [3.63, 3.8) is 0 Å². The summed E-state index contributed by atoms with van der Waals surface area (Å²) in [6, 6.07) is 4.42. The van der Waals surface area contributed by atoms with Crippen molar-refractivity contribution >= 4 is 27.3 Å². The maximum absolute atomic E-state index is 12.0. The fourth-order valence-corrected chi connectivity index (χ4v) is 2.39. The van der Waals surface area contributed by atoms with E-state index in [1.807, 2.05) is 0 Å². The molecule has 1 aliphatic carbocycles. The van der Waals surface area contributed by atoms with Crippen LogP contribution in [-0.4, -0.2) is 24.8 Å². The molecule has 0 atom stereocenters. The van der Waals surface area contributed by atoms with Crippen LogP contribution in [0.5, 0.6) is 0 Å². The maximum Gasteiger partial charge on any atom is 0.358 e. The summed E-state index contributed by atoms with van der Waals surface area (Å²) in [7, 11) is -4.29. The molecule has 1 aliphatic rings. The molecule has 0 fully saturated rings. The maximum atomic E-state index is 12.0. The van der Waals surface area contributed by atoms with E-state index in [0.717, 1.165) is 18.2 Å². The summed E-state index contributed by atoms with van der Waals surface area (Å²) < 4.78 is 28.4. The first-order chi connectivity index (χ1) is 10.3. The standard InChI is InChI=1S/C13H10N2O6S/c1-9-7-11(16)5-6-13(9)14-21-22(19,20)12-4-2-3-10(8-12)15(17)18/h2-8H,1H3/b14-13-. The van der Waals surface area contributed by atoms with Gasteiger partial charge in [0.25, 0.3) is 5.69 Å². The van der Waals surface area contributed by atoms with Gasteiger partial charge < -0.3 is 0 Å². The molecular formula is C13H10N2O6S. The van der Waals surface area contributed by atoms with Crippen molar-refractivity contribution in [3.8, 4) is 0 Å². The molecule has 0 spiro atoms. The lowest BCUT2D eigenvalue weighted by atomic mass is 10.1. The Morgan fingerprint density at radius 1 is 1.27 bits per heavy atom. The number of nitro benzene ring substituents is 1. The highest BCUT2D eigenvalue weighted by Crippen LogP contribution is 2.19. The topological polar surface area (TPSA) is 116 Å². The van der Waals surface area contributed by atoms with Crippen LogP contribution in [0.2, 0.25) is 0 Å². The number of carbonyl (C=O) groups is 1. The van der Waals surface area contributed by atoms with Crippen LogP contribution in [0.4, 0.5) is 5.69 Å². The molecule has 0 radical (unpaired) electrons. The van der Waals surface area contributed by atoms with Crippen molar-refractivity contribution in [1.29, 1.82) is 0 Å². The first-order valence-corrected chi connectivity index (χ1v) is 7.37. The lowest BCUT2D eigenvalue weighted by Crippen LogP contribution is -2.09. The first kappa shape index (κ1) is 15.6. The van der Waals surface area contributed by atoms with E-state index in [4.69, 9.17) is 0 Å². The normalized spacial score (nSPS) is 16.5. The Morgan fingerprint density at radius 2 is 2.00 bits per heavy atom. The van der Waals surface area contributed by atoms with Gasteiger partial charge in [0.15, 0.2) is 5.78 Å². The minimum absolute atomic E-state index is 0.175. The first-order valence-electron chi connectivity index (χ1n) is 5.96. The molecule has 0 aliphatic heterocycles. The van der Waals surface area contributed by atoms with E-state index in [-0.39, 0.29) is 22.1 Å². The Balaban J connectivity index is 2.27. The molecule has 2 rings (SSSR count). The lowest BCUT2D eigenvalue weighted by molar-refractivity contribution is -0.385. The lowest BCUT2D eigenvalue weighted by Gasteiger charge is -2.06. The number of oxime groups is 1. The third-order valence-corrected chi connectivity index (χ3v) is 3.82. The summed E-state index contributed by atoms with van der Waals surface area (Å²) in [6.07, 6.45) is 3.82. The number of allylic oxidation sites excluding steroid dienone is 4. The number of nitro groups is 1. The fourth-order valence-electron chi connectivity index (χ4n) is 1.62. The van der Waals surface area contributed by atoms with Crippen LogP contribution >= 0.6 is 0 Å². The molecule has 0 bridgehead atoms. The minimum Gasteiger partial charge on any atom is -0.290 e. The van der Waals surface area contributed by atoms with Crippen LogP contribution in [0.3, 0.4) is 0 Å². The summed E-state index contributed by atoms with van der Waals surface area (Å²) >= 11 is 0. The van der Waals surface area contributed by atoms with Crippen molar-refractivity contribution in [2.24, 2.45) is 5.16 Å². The van der Waals surface area contributed by atoms with Crippen molar-refractivity contribution in [1.82, 2.24) is 0 Å². The second-order valence-corrected chi connectivity index (χ2v) is 5.85. The van der Waals surface area contributed by atoms with Gasteiger partial charge >= 0.3 is 10.1 Å². The quantitative estimate of drug-likeness (QED) is 0.473. The smallest absolute Gasteiger partial charge is 0.290 e. The monoisotopic (exact) mass is 322 g/mol. The number of nitrogens with zero attached hydrogens (tertiary/aromatic N) is 2. The van der Waals surface area contributed by atoms with Gasteiger partial charge in [-0.3, -0.25) is 19.2 Å². The van der Waals surface area contributed by atoms with E-state index in [1.165, 1.54) is 24.3 Å². The third kappa shape index (κ3) is 3.44. The minimum atomic E-state index is -4.29. The number of carbonyl (C=O) groups excluding carboxylic acids is 1. The van der Waals surface area contributed by atoms with Crippen LogP contribution in [0.25, 0.3) is 0 Å². The third-order valence-electron chi connectivity index (χ3n) is 2.72. The van der Waals surface area contributed by atoms with Gasteiger partial charge in [-0.25, -0.2) is 0 Å². The zero-order valence-corrected chi connectivity index (χ0v) is 12.1. The predicted octanol–water partition coefficient (Wildman–Crippen LogP) is 1.74. The number of benzene rings is 1. The van der Waals surface area contributed by atoms with Gasteiger partial charge in [-0.2, -0.15) is 8.42 Å². The Labute approximate surface area is 125 Å². The van der Waals surface area contributed by atoms with Crippen LogP contribution in [-0.2, 0) is 19.2 Å². The molecule has 0 heterocycles. The molecule has 114 valence electrons. The summed E-state index contributed by atoms with van der Waals surface area (Å²) in [4.78, 5) is 20.7. The molecule has 22 heavy (non-hydrogen) atoms. The van der Waals surface area contributed by atoms with Crippen molar-refractivity contribution in [3.05, 3.63) is 58.2 Å². The summed E-state index contributed by atoms with van der Waals surface area (Å²) in [5.74, 6) is -0.238. The highest BCUT2D eigenvalue weighted by atomic mass is 32.2. The summed E-state index contributed by atoms with van der Waals surface area (Å²) in [5.41, 5.74) is 0.243. The van der Waals surface area contributed by atoms with E-state index in [0.29, 0.717) is 5.57 Å². The molecule has 0 saturated heterocycles. The average Bonchev–Trinajstić information content (AvgIpc) is 2.46. The van der Waals surface area contributed by atoms with E-state index in [1.54, 1.807) is 6.92 Å². The summed E-state index contributed by atoms with van der Waals surface area (Å²) in [6.45, 7) is 1.57. The molecule has 8 nitrogen and oxygen atoms in total. The molecule has 0 aromatic heterocycles. The highest BCUT2D eigenvalue weighted by Gasteiger charge is 2.20. The van der Waals surface area contributed by atoms with E-state index >= 15 is 0 Å². The zero-order valence-electron chi connectivity index (χ0n) is 11.3. The van der Waals surface area contributed by atoms with Crippen molar-refractivity contribution in [2.45, 2.75) is 11.8 Å². The van der Waals surface area contributed by atoms with Gasteiger partial charge in [0.2, 0.25) is 0 Å². The fraction of sp³-hybridized carbons (Fsp3) is 0.0769. The second-order valence-electron chi connectivity index (χ2n) is 4.32. The largest absolute Gasteiger partial charge is 0.358 e. The van der Waals surface area contributed by atoms with Crippen LogP contribution in [0.15, 0.2) is 58.1 Å². The van der Waals surface area contributed by atoms with E-state index < -0.39 is 15.0 Å². The Morgan fingerprint density at radius 3 is 2.64 bits per heavy atom. The average molecular weight is 322 g/mol. The molecule has 0 saturated carbocycles. The van der Waals surface area contributed by atoms with Crippen LogP contribution < -0.4 is 0 Å². The molecule has 1 aromatic rings. The van der Waals surface area contributed by atoms with Crippen LogP contribution in [0.1, 0.15) is 6.92 Å². The Hall–Kier alpha value is -2.81. The predicted molar refractivity (Wildman–Crippen MR) is 76.7 cm³/mol. The molecule has 0 amide bonds. The van der Waals surface area contributed by atoms with Crippen molar-refractivity contribution < 1.29 is 22.4 Å². The number of hydrogen-bond acceptors (Lipinski definition) is 7. The molecular weight excluding hydrogens is 312 g/mol. The van der Waals surface area contributed by atoms with Gasteiger partial charge in [-0.15, -0.1) is 0 Å². The molecule has 0 N–H and O–H groups in total. The Kier molecular flexibility index (Phi) is 4.18. The molecule has 1 aromatic carbocycles. The highest BCUT2D eigenvalue weighted by molar-refractivity contribution is 7.86. The zero-order chi connectivity index (χ0) is 16.3. The van der Waals surface area contributed by atoms with Gasteiger partial charge in [0, 0.05) is 12.1 Å². The SMILES string of the molecule is CC1=CC(=O)C=C/C1=N/OS(=O)(=O)c1cccc([N+](=O)[O-])c1. The summed E-state index contributed by atoms with van der Waals surface area (Å²) in [5, 5.41) is 14.1. The van der Waals surface area contributed by atoms with Gasteiger partial charge in [-0.1, -0.05) is 11.2 Å². The number of rotatable bonds is 4. The number of non-ortho nitro benzene ring substituents is 1. The molecule has 9 heteroatoms. The van der Waals surface area contributed by atoms with Gasteiger partial charge in [0.1, 0.15) is 10.6 Å². The van der Waals surface area contributed by atoms with Crippen LogP contribution in [0, 0.1) is 10.1 Å². The van der Waals surface area contributed by atoms with E-state index in [2.05, 4.69) is 9.44 Å². The second kappa shape index (κ2) is 5.90. The number of hydrogen-bond donors (Lipinski definition) is 0. The Bertz CT molecular complexity index is 836. The molecule has 0 unspecified atom stereocenters. The number of ketones is 1. The van der Waals surface area contributed by atoms with E-state index in [9.17, 15) is 23.3 Å². The van der Waals surface area contributed by atoms with Gasteiger partial charge in [0.05, 0.1) is 4.92 Å². The van der Waals surface area contributed by atoms with Crippen molar-refractivity contribution in [2.75, 3.05) is 0 Å².